The number of benzene rings is 1. The molecule has 0 radical (unpaired) electrons. The van der Waals surface area contributed by atoms with Gasteiger partial charge in [-0.15, -0.1) is 11.3 Å². The molecule has 2 rings (SSSR count). The number of aromatic nitrogens is 1. The largest absolute Gasteiger partial charge is 0.443 e. The molecule has 0 aliphatic rings. The zero-order valence-corrected chi connectivity index (χ0v) is 9.09. The molecule has 0 unspecified atom stereocenters. The van der Waals surface area contributed by atoms with Crippen molar-refractivity contribution in [1.82, 2.24) is 4.98 Å². The summed E-state index contributed by atoms with van der Waals surface area (Å²) in [7, 11) is 0. The van der Waals surface area contributed by atoms with E-state index in [4.69, 9.17) is 11.6 Å². The van der Waals surface area contributed by atoms with Crippen LogP contribution in [0, 0.1) is 6.92 Å². The lowest BCUT2D eigenvalue weighted by Gasteiger charge is -1.98. The number of alkyl halides is 3. The van der Waals surface area contributed by atoms with Gasteiger partial charge in [0.25, 0.3) is 0 Å². The van der Waals surface area contributed by atoms with Gasteiger partial charge in [0.15, 0.2) is 5.01 Å². The summed E-state index contributed by atoms with van der Waals surface area (Å²) in [6, 6.07) is 3.20. The lowest BCUT2D eigenvalue weighted by molar-refractivity contribution is -0.137. The van der Waals surface area contributed by atoms with E-state index < -0.39 is 11.2 Å². The molecule has 0 saturated heterocycles. The Kier molecular flexibility index (Phi) is 2.39. The Labute approximate surface area is 92.5 Å². The van der Waals surface area contributed by atoms with Gasteiger partial charge in [-0.2, -0.15) is 13.2 Å². The van der Waals surface area contributed by atoms with E-state index in [9.17, 15) is 13.2 Å². The first-order valence-corrected chi connectivity index (χ1v) is 5.22. The van der Waals surface area contributed by atoms with E-state index >= 15 is 0 Å². The lowest BCUT2D eigenvalue weighted by Crippen LogP contribution is -2.03. The van der Waals surface area contributed by atoms with Crippen molar-refractivity contribution >= 4 is 33.2 Å². The van der Waals surface area contributed by atoms with Crippen molar-refractivity contribution in [2.45, 2.75) is 13.1 Å². The lowest BCUT2D eigenvalue weighted by atomic mass is 10.2. The molecular weight excluding hydrogens is 247 g/mol. The molecule has 0 fully saturated rings. The minimum atomic E-state index is -4.40. The molecule has 0 atom stereocenters. The summed E-state index contributed by atoms with van der Waals surface area (Å²) in [5, 5.41) is -0.509. The highest BCUT2D eigenvalue weighted by atomic mass is 35.5. The fourth-order valence-electron chi connectivity index (χ4n) is 1.18. The average Bonchev–Trinajstić information content (AvgIpc) is 2.55. The maximum absolute atomic E-state index is 12.4. The van der Waals surface area contributed by atoms with Gasteiger partial charge in [0.1, 0.15) is 0 Å². The van der Waals surface area contributed by atoms with Crippen LogP contribution in [-0.2, 0) is 6.18 Å². The maximum atomic E-state index is 12.4. The van der Waals surface area contributed by atoms with Crippen LogP contribution in [0.5, 0.6) is 0 Å². The first-order chi connectivity index (χ1) is 6.89. The fraction of sp³-hybridized carbons (Fsp3) is 0.222. The van der Waals surface area contributed by atoms with Gasteiger partial charge in [-0.05, 0) is 18.6 Å². The first kappa shape index (κ1) is 10.7. The smallest absolute Gasteiger partial charge is 0.232 e. The molecule has 2 aromatic rings. The van der Waals surface area contributed by atoms with Crippen molar-refractivity contribution in [2.75, 3.05) is 0 Å². The van der Waals surface area contributed by atoms with Gasteiger partial charge in [0.2, 0.25) is 0 Å². The van der Waals surface area contributed by atoms with Gasteiger partial charge in [-0.1, -0.05) is 17.7 Å². The van der Waals surface area contributed by atoms with Crippen LogP contribution in [0.2, 0.25) is 5.02 Å². The molecule has 0 spiro atoms. The molecule has 15 heavy (non-hydrogen) atoms. The summed E-state index contributed by atoms with van der Waals surface area (Å²) in [6.07, 6.45) is -4.40. The second kappa shape index (κ2) is 3.35. The standard InChI is InChI=1S/C9H5ClF3NS/c1-4-2-3-5-7(6(4)10)15-8(14-5)9(11,12)13/h2-3H,1H3. The number of hydrogen-bond acceptors (Lipinski definition) is 2. The second-order valence-corrected chi connectivity index (χ2v) is 4.44. The van der Waals surface area contributed by atoms with E-state index in [0.717, 1.165) is 5.56 Å². The van der Waals surface area contributed by atoms with E-state index in [1.807, 2.05) is 0 Å². The molecule has 0 N–H and O–H groups in total. The SMILES string of the molecule is Cc1ccc2nc(C(F)(F)F)sc2c1Cl. The summed E-state index contributed by atoms with van der Waals surface area (Å²) in [5.74, 6) is 0. The molecule has 1 aromatic heterocycles. The molecule has 6 heteroatoms. The Morgan fingerprint density at radius 3 is 2.60 bits per heavy atom. The number of thiazole rings is 1. The number of rotatable bonds is 0. The van der Waals surface area contributed by atoms with Crippen LogP contribution < -0.4 is 0 Å². The summed E-state index contributed by atoms with van der Waals surface area (Å²) in [6.45, 7) is 1.74. The van der Waals surface area contributed by atoms with Crippen molar-refractivity contribution in [3.8, 4) is 0 Å². The highest BCUT2D eigenvalue weighted by Crippen LogP contribution is 2.38. The van der Waals surface area contributed by atoms with Crippen LogP contribution in [0.1, 0.15) is 10.6 Å². The topological polar surface area (TPSA) is 12.9 Å². The van der Waals surface area contributed by atoms with Gasteiger partial charge in [-0.3, -0.25) is 0 Å². The molecule has 1 aromatic carbocycles. The van der Waals surface area contributed by atoms with E-state index in [-0.39, 0.29) is 0 Å². The summed E-state index contributed by atoms with van der Waals surface area (Å²) < 4.78 is 37.5. The number of nitrogens with zero attached hydrogens (tertiary/aromatic N) is 1. The predicted molar refractivity (Wildman–Crippen MR) is 54.4 cm³/mol. The van der Waals surface area contributed by atoms with Crippen LogP contribution in [0.15, 0.2) is 12.1 Å². The molecule has 0 amide bonds. The number of fused-ring (bicyclic) bond motifs is 1. The van der Waals surface area contributed by atoms with Gasteiger partial charge in [0, 0.05) is 0 Å². The molecule has 0 aliphatic carbocycles. The highest BCUT2D eigenvalue weighted by Gasteiger charge is 2.35. The van der Waals surface area contributed by atoms with Crippen molar-refractivity contribution in [3.05, 3.63) is 27.7 Å². The third-order valence-electron chi connectivity index (χ3n) is 1.93. The zero-order valence-electron chi connectivity index (χ0n) is 7.52. The number of hydrogen-bond donors (Lipinski definition) is 0. The Hall–Kier alpha value is -0.810. The number of halogens is 4. The second-order valence-electron chi connectivity index (χ2n) is 3.06. The number of aryl methyl sites for hydroxylation is 1. The average molecular weight is 252 g/mol. The Morgan fingerprint density at radius 1 is 1.33 bits per heavy atom. The third kappa shape index (κ3) is 1.81. The first-order valence-electron chi connectivity index (χ1n) is 4.02. The highest BCUT2D eigenvalue weighted by molar-refractivity contribution is 7.19. The fourth-order valence-corrected chi connectivity index (χ4v) is 2.38. The normalized spacial score (nSPS) is 12.3. The molecule has 0 saturated carbocycles. The van der Waals surface area contributed by atoms with E-state index in [0.29, 0.717) is 26.6 Å². The quantitative estimate of drug-likeness (QED) is 0.681. The van der Waals surface area contributed by atoms with Crippen molar-refractivity contribution in [1.29, 1.82) is 0 Å². The molecule has 0 aliphatic heterocycles. The summed E-state index contributed by atoms with van der Waals surface area (Å²) in [5.41, 5.74) is 1.05. The van der Waals surface area contributed by atoms with E-state index in [2.05, 4.69) is 4.98 Å². The van der Waals surface area contributed by atoms with Gasteiger partial charge < -0.3 is 0 Å². The molecule has 1 nitrogen and oxygen atoms in total. The van der Waals surface area contributed by atoms with Crippen molar-refractivity contribution < 1.29 is 13.2 Å². The van der Waals surface area contributed by atoms with Crippen LogP contribution in [0.4, 0.5) is 13.2 Å². The molecule has 0 bridgehead atoms. The van der Waals surface area contributed by atoms with Crippen molar-refractivity contribution in [2.24, 2.45) is 0 Å². The van der Waals surface area contributed by atoms with Crippen LogP contribution in [0.25, 0.3) is 10.2 Å². The Morgan fingerprint density at radius 2 is 2.00 bits per heavy atom. The van der Waals surface area contributed by atoms with Gasteiger partial charge in [-0.25, -0.2) is 4.98 Å². The van der Waals surface area contributed by atoms with Gasteiger partial charge in [0.05, 0.1) is 15.2 Å². The van der Waals surface area contributed by atoms with Gasteiger partial charge >= 0.3 is 6.18 Å². The third-order valence-corrected chi connectivity index (χ3v) is 3.67. The van der Waals surface area contributed by atoms with E-state index in [1.54, 1.807) is 19.1 Å². The molecule has 80 valence electrons. The van der Waals surface area contributed by atoms with Crippen LogP contribution in [0.3, 0.4) is 0 Å². The summed E-state index contributed by atoms with van der Waals surface area (Å²) >= 11 is 6.47. The minimum Gasteiger partial charge on any atom is -0.232 e. The monoisotopic (exact) mass is 251 g/mol. The van der Waals surface area contributed by atoms with Crippen molar-refractivity contribution in [3.63, 3.8) is 0 Å². The van der Waals surface area contributed by atoms with Crippen LogP contribution in [-0.4, -0.2) is 4.98 Å². The zero-order chi connectivity index (χ0) is 11.2. The van der Waals surface area contributed by atoms with Crippen LogP contribution >= 0.6 is 22.9 Å². The van der Waals surface area contributed by atoms with E-state index in [1.165, 1.54) is 0 Å². The molecule has 1 heterocycles. The molecular formula is C9H5ClF3NS. The Balaban J connectivity index is 2.72. The minimum absolute atomic E-state index is 0.294. The summed E-state index contributed by atoms with van der Waals surface area (Å²) in [4.78, 5) is 3.50. The predicted octanol–water partition coefficient (Wildman–Crippen LogP) is 4.28. The maximum Gasteiger partial charge on any atom is 0.443 e. The Bertz CT molecular complexity index is 518.